The average Bonchev–Trinajstić information content (AvgIpc) is 3.37. The zero-order chi connectivity index (χ0) is 36.6. The molecule has 1 saturated heterocycles. The third kappa shape index (κ3) is 9.41. The second kappa shape index (κ2) is 16.5. The highest BCUT2D eigenvalue weighted by molar-refractivity contribution is 5.98. The molecule has 1 saturated carbocycles. The van der Waals surface area contributed by atoms with Crippen molar-refractivity contribution in [1.29, 1.82) is 5.26 Å². The fraction of sp³-hybridized carbons (Fsp3) is 0.541. The normalized spacial score (nSPS) is 18.5. The Hall–Kier alpha value is -4.44. The molecular weight excluding hydrogens is 651 g/mol. The summed E-state index contributed by atoms with van der Waals surface area (Å²) >= 11 is 0. The minimum Gasteiger partial charge on any atom is -0.390 e. The van der Waals surface area contributed by atoms with Gasteiger partial charge in [0, 0.05) is 31.1 Å². The van der Waals surface area contributed by atoms with Crippen molar-refractivity contribution in [3.8, 4) is 6.07 Å². The Kier molecular flexibility index (Phi) is 12.7. The number of hydrogen-bond donors (Lipinski definition) is 4. The van der Waals surface area contributed by atoms with E-state index in [4.69, 9.17) is 5.26 Å². The van der Waals surface area contributed by atoms with E-state index in [1.54, 1.807) is 31.7 Å². The molecule has 1 aliphatic heterocycles. The number of likely N-dealkylation sites (tertiary alicyclic amines) is 1. The molecule has 0 unspecified atom stereocenters. The van der Waals surface area contributed by atoms with Gasteiger partial charge in [-0.15, -0.1) is 0 Å². The number of piperidine rings is 1. The molecule has 10 nitrogen and oxygen atoms in total. The Bertz CT molecular complexity index is 1590. The van der Waals surface area contributed by atoms with Gasteiger partial charge in [0.1, 0.15) is 11.9 Å². The summed E-state index contributed by atoms with van der Waals surface area (Å²) < 4.78 is 46.5. The van der Waals surface area contributed by atoms with E-state index in [1.807, 2.05) is 0 Å². The van der Waals surface area contributed by atoms with Crippen LogP contribution in [0.25, 0.3) is 0 Å². The lowest BCUT2D eigenvalue weighted by molar-refractivity contribution is -0.149. The van der Waals surface area contributed by atoms with Gasteiger partial charge < -0.3 is 26.0 Å². The fourth-order valence-corrected chi connectivity index (χ4v) is 6.72. The van der Waals surface area contributed by atoms with Gasteiger partial charge in [-0.25, -0.2) is 4.39 Å². The molecule has 13 heteroatoms. The molecule has 4 rings (SSSR count). The summed E-state index contributed by atoms with van der Waals surface area (Å²) in [6, 6.07) is 7.99. The van der Waals surface area contributed by atoms with E-state index in [2.05, 4.69) is 16.0 Å². The first-order valence-corrected chi connectivity index (χ1v) is 17.3. The highest BCUT2D eigenvalue weighted by Gasteiger charge is 2.44. The Labute approximate surface area is 290 Å². The van der Waals surface area contributed by atoms with Gasteiger partial charge in [-0.1, -0.05) is 50.8 Å². The first kappa shape index (κ1) is 38.4. The number of nitriles is 1. The van der Waals surface area contributed by atoms with Crippen molar-refractivity contribution in [2.24, 2.45) is 5.92 Å². The second-order valence-electron chi connectivity index (χ2n) is 13.7. The van der Waals surface area contributed by atoms with E-state index in [9.17, 15) is 24.3 Å². The number of halogens is 3. The summed E-state index contributed by atoms with van der Waals surface area (Å²) in [5, 5.41) is 27.0. The van der Waals surface area contributed by atoms with Crippen LogP contribution in [0.15, 0.2) is 42.5 Å². The van der Waals surface area contributed by atoms with Crippen LogP contribution in [0.4, 0.5) is 18.9 Å². The molecule has 1 heterocycles. The summed E-state index contributed by atoms with van der Waals surface area (Å²) in [4.78, 5) is 54.4. The summed E-state index contributed by atoms with van der Waals surface area (Å²) in [7, 11) is 0. The molecule has 0 bridgehead atoms. The van der Waals surface area contributed by atoms with Gasteiger partial charge in [-0.2, -0.15) is 14.0 Å². The first-order chi connectivity index (χ1) is 23.7. The molecule has 3 atom stereocenters. The Morgan fingerprint density at radius 1 is 1.04 bits per heavy atom. The van der Waals surface area contributed by atoms with E-state index in [0.29, 0.717) is 25.7 Å². The van der Waals surface area contributed by atoms with Crippen molar-refractivity contribution in [3.05, 3.63) is 65.0 Å². The van der Waals surface area contributed by atoms with Gasteiger partial charge in [0.15, 0.2) is 0 Å². The molecule has 2 fully saturated rings. The Morgan fingerprint density at radius 2 is 1.70 bits per heavy atom. The van der Waals surface area contributed by atoms with Crippen LogP contribution in [0.1, 0.15) is 101 Å². The number of anilines is 1. The molecule has 0 spiro atoms. The number of carbonyl (C=O) groups excluding carboxylic acids is 4. The number of benzene rings is 2. The Balaban J connectivity index is 1.59. The number of alkyl halides is 2. The number of aliphatic hydroxyl groups is 1. The van der Waals surface area contributed by atoms with Gasteiger partial charge in [0.05, 0.1) is 28.8 Å². The molecular formula is C37H46F3N5O5. The highest BCUT2D eigenvalue weighted by Crippen LogP contribution is 2.33. The third-order valence-electron chi connectivity index (χ3n) is 9.82. The molecule has 50 heavy (non-hydrogen) atoms. The van der Waals surface area contributed by atoms with Crippen molar-refractivity contribution in [1.82, 2.24) is 15.5 Å². The van der Waals surface area contributed by atoms with Gasteiger partial charge in [0.25, 0.3) is 5.91 Å². The smallest absolute Gasteiger partial charge is 0.349 e. The van der Waals surface area contributed by atoms with E-state index in [1.165, 1.54) is 24.3 Å². The quantitative estimate of drug-likeness (QED) is 0.236. The zero-order valence-electron chi connectivity index (χ0n) is 28.7. The van der Waals surface area contributed by atoms with Gasteiger partial charge in [-0.05, 0) is 75.3 Å². The van der Waals surface area contributed by atoms with Crippen molar-refractivity contribution in [3.63, 3.8) is 0 Å². The number of nitrogens with one attached hydrogen (secondary N) is 3. The maximum absolute atomic E-state index is 15.8. The van der Waals surface area contributed by atoms with E-state index in [0.717, 1.165) is 43.9 Å². The van der Waals surface area contributed by atoms with Gasteiger partial charge in [-0.3, -0.25) is 19.2 Å². The zero-order valence-corrected chi connectivity index (χ0v) is 28.7. The average molecular weight is 698 g/mol. The summed E-state index contributed by atoms with van der Waals surface area (Å²) in [5.74, 6) is -9.64. The minimum atomic E-state index is -4.06. The summed E-state index contributed by atoms with van der Waals surface area (Å²) in [6.45, 7) is 5.58. The van der Waals surface area contributed by atoms with E-state index in [-0.39, 0.29) is 48.1 Å². The van der Waals surface area contributed by atoms with Gasteiger partial charge >= 0.3 is 5.92 Å². The SMILES string of the molecule is CCC(=O)N[C@H](C)[C@@H](C(=O)N1CCC(C)(O)CC1)c1ccc(NC(=O)[C@@H](NC(=O)C(F)(F)c2cccc(C#N)c2)C2CCCCCC2)c(F)c1. The predicted octanol–water partition coefficient (Wildman–Crippen LogP) is 5.25. The lowest BCUT2D eigenvalue weighted by atomic mass is 9.88. The van der Waals surface area contributed by atoms with Crippen LogP contribution in [-0.2, 0) is 25.1 Å². The van der Waals surface area contributed by atoms with Crippen LogP contribution in [-0.4, -0.2) is 64.4 Å². The number of rotatable bonds is 11. The van der Waals surface area contributed by atoms with Gasteiger partial charge in [0.2, 0.25) is 17.7 Å². The maximum Gasteiger partial charge on any atom is 0.349 e. The van der Waals surface area contributed by atoms with Crippen LogP contribution in [0.5, 0.6) is 0 Å². The molecule has 4 amide bonds. The number of nitrogens with zero attached hydrogens (tertiary/aromatic N) is 2. The number of carbonyl (C=O) groups is 4. The van der Waals surface area contributed by atoms with Crippen molar-refractivity contribution in [2.75, 3.05) is 18.4 Å². The fourth-order valence-electron chi connectivity index (χ4n) is 6.72. The molecule has 4 N–H and O–H groups in total. The van der Waals surface area contributed by atoms with Crippen LogP contribution >= 0.6 is 0 Å². The standard InChI is InChI=1S/C37H46F3N5O5/c1-4-30(46)42-23(2)31(34(48)45-18-16-36(3,50)17-19-45)26-14-15-29(28(38)21-26)43-33(47)32(25-11-7-5-6-8-12-25)44-35(49)37(39,40)27-13-9-10-24(20-27)22-41/h9-10,13-15,20-21,23,25,31-32,50H,4-8,11-12,16-19H2,1-3H3,(H,42,46)(H,43,47)(H,44,49)/t23-,31-,32+/m1/s1. The molecule has 2 aliphatic rings. The van der Waals surface area contributed by atoms with Crippen molar-refractivity contribution in [2.45, 2.75) is 108 Å². The van der Waals surface area contributed by atoms with Crippen LogP contribution in [0.2, 0.25) is 0 Å². The lowest BCUT2D eigenvalue weighted by Gasteiger charge is -2.38. The van der Waals surface area contributed by atoms with Crippen molar-refractivity contribution >= 4 is 29.3 Å². The number of amides is 4. The molecule has 2 aromatic rings. The summed E-state index contributed by atoms with van der Waals surface area (Å²) in [5.41, 5.74) is -1.68. The maximum atomic E-state index is 15.8. The largest absolute Gasteiger partial charge is 0.390 e. The molecule has 1 aliphatic carbocycles. The molecule has 270 valence electrons. The monoisotopic (exact) mass is 697 g/mol. The molecule has 2 aromatic carbocycles. The predicted molar refractivity (Wildman–Crippen MR) is 180 cm³/mol. The third-order valence-corrected chi connectivity index (χ3v) is 9.82. The minimum absolute atomic E-state index is 0.0536. The molecule has 0 radical (unpaired) electrons. The first-order valence-electron chi connectivity index (χ1n) is 17.3. The molecule has 0 aromatic heterocycles. The highest BCUT2D eigenvalue weighted by atomic mass is 19.3. The van der Waals surface area contributed by atoms with E-state index < -0.39 is 58.6 Å². The topological polar surface area (TPSA) is 152 Å². The van der Waals surface area contributed by atoms with Crippen LogP contribution in [0.3, 0.4) is 0 Å². The van der Waals surface area contributed by atoms with E-state index >= 15 is 13.2 Å². The Morgan fingerprint density at radius 3 is 2.30 bits per heavy atom. The number of hydrogen-bond acceptors (Lipinski definition) is 6. The second-order valence-corrected chi connectivity index (χ2v) is 13.7. The van der Waals surface area contributed by atoms with Crippen LogP contribution < -0.4 is 16.0 Å². The summed E-state index contributed by atoms with van der Waals surface area (Å²) in [6.07, 6.45) is 5.11. The van der Waals surface area contributed by atoms with Crippen molar-refractivity contribution < 1.29 is 37.5 Å². The van der Waals surface area contributed by atoms with Crippen LogP contribution in [0, 0.1) is 23.1 Å². The lowest BCUT2D eigenvalue weighted by Crippen LogP contribution is -2.52.